The zero-order chi connectivity index (χ0) is 14.9. The number of hydrogen-bond acceptors (Lipinski definition) is 4. The smallest absolute Gasteiger partial charge is 0.311 e. The fourth-order valence-corrected chi connectivity index (χ4v) is 4.53. The van der Waals surface area contributed by atoms with Gasteiger partial charge in [-0.05, 0) is 35.2 Å². The van der Waals surface area contributed by atoms with Crippen molar-refractivity contribution in [1.82, 2.24) is 0 Å². The number of ether oxygens (including phenoxy) is 1. The summed E-state index contributed by atoms with van der Waals surface area (Å²) in [6.45, 7) is 0. The Kier molecular flexibility index (Phi) is 3.68. The molecule has 0 N–H and O–H groups in total. The van der Waals surface area contributed by atoms with E-state index in [4.69, 9.17) is 4.74 Å². The first kappa shape index (κ1) is 14.1. The van der Waals surface area contributed by atoms with Gasteiger partial charge in [0, 0.05) is 6.42 Å². The van der Waals surface area contributed by atoms with Crippen molar-refractivity contribution in [2.75, 3.05) is 11.5 Å². The van der Waals surface area contributed by atoms with Crippen LogP contribution in [0.4, 0.5) is 0 Å². The van der Waals surface area contributed by atoms with Crippen molar-refractivity contribution in [3.05, 3.63) is 42.5 Å². The van der Waals surface area contributed by atoms with E-state index in [-0.39, 0.29) is 29.8 Å². The molecule has 0 aromatic heterocycles. The van der Waals surface area contributed by atoms with Crippen molar-refractivity contribution in [2.45, 2.75) is 12.8 Å². The molecule has 1 aliphatic heterocycles. The summed E-state index contributed by atoms with van der Waals surface area (Å²) in [7, 11) is -2.95. The molecule has 0 spiro atoms. The number of carbonyl (C=O) groups is 1. The Morgan fingerprint density at radius 3 is 2.62 bits per heavy atom. The van der Waals surface area contributed by atoms with Crippen LogP contribution >= 0.6 is 0 Å². The van der Waals surface area contributed by atoms with Gasteiger partial charge in [-0.25, -0.2) is 8.42 Å². The molecular weight excluding hydrogens is 288 g/mol. The van der Waals surface area contributed by atoms with Crippen molar-refractivity contribution >= 4 is 26.6 Å². The Hall–Kier alpha value is -1.88. The molecule has 110 valence electrons. The Morgan fingerprint density at radius 2 is 1.90 bits per heavy atom. The zero-order valence-corrected chi connectivity index (χ0v) is 12.3. The maximum absolute atomic E-state index is 11.9. The van der Waals surface area contributed by atoms with E-state index in [1.165, 1.54) is 0 Å². The highest BCUT2D eigenvalue weighted by Crippen LogP contribution is 2.24. The van der Waals surface area contributed by atoms with Crippen LogP contribution in [0.15, 0.2) is 42.5 Å². The second-order valence-electron chi connectivity index (χ2n) is 5.46. The Morgan fingerprint density at radius 1 is 1.14 bits per heavy atom. The van der Waals surface area contributed by atoms with E-state index in [9.17, 15) is 13.2 Å². The maximum Gasteiger partial charge on any atom is 0.311 e. The molecule has 5 heteroatoms. The summed E-state index contributed by atoms with van der Waals surface area (Å²) >= 11 is 0. The van der Waals surface area contributed by atoms with Crippen LogP contribution in [-0.4, -0.2) is 25.9 Å². The fraction of sp³-hybridized carbons (Fsp3) is 0.312. The second kappa shape index (κ2) is 5.48. The number of rotatable bonds is 3. The summed E-state index contributed by atoms with van der Waals surface area (Å²) in [5.74, 6) is 0.302. The average Bonchev–Trinajstić information content (AvgIpc) is 2.77. The average molecular weight is 304 g/mol. The van der Waals surface area contributed by atoms with E-state index in [0.29, 0.717) is 12.2 Å². The molecule has 0 saturated carbocycles. The zero-order valence-electron chi connectivity index (χ0n) is 11.5. The number of benzene rings is 2. The number of hydrogen-bond donors (Lipinski definition) is 0. The fourth-order valence-electron chi connectivity index (χ4n) is 2.67. The van der Waals surface area contributed by atoms with E-state index in [2.05, 4.69) is 0 Å². The van der Waals surface area contributed by atoms with Crippen molar-refractivity contribution in [2.24, 2.45) is 5.92 Å². The Balaban J connectivity index is 1.66. The third-order valence-corrected chi connectivity index (χ3v) is 5.57. The van der Waals surface area contributed by atoms with Crippen LogP contribution in [0.2, 0.25) is 0 Å². The first-order valence-corrected chi connectivity index (χ1v) is 8.74. The third kappa shape index (κ3) is 3.42. The van der Waals surface area contributed by atoms with Gasteiger partial charge < -0.3 is 4.74 Å². The molecule has 1 atom stereocenters. The molecule has 0 amide bonds. The lowest BCUT2D eigenvalue weighted by Gasteiger charge is -2.08. The van der Waals surface area contributed by atoms with Crippen molar-refractivity contribution in [3.63, 3.8) is 0 Å². The molecule has 2 aromatic carbocycles. The lowest BCUT2D eigenvalue weighted by atomic mass is 10.1. The lowest BCUT2D eigenvalue weighted by Crippen LogP contribution is -2.15. The van der Waals surface area contributed by atoms with Gasteiger partial charge in [0.05, 0.1) is 11.5 Å². The summed E-state index contributed by atoms with van der Waals surface area (Å²) in [4.78, 5) is 11.9. The molecule has 3 rings (SSSR count). The molecule has 1 fully saturated rings. The number of carbonyl (C=O) groups excluding carboxylic acids is 1. The van der Waals surface area contributed by atoms with Gasteiger partial charge in [0.15, 0.2) is 9.84 Å². The van der Waals surface area contributed by atoms with Gasteiger partial charge in [0.25, 0.3) is 0 Å². The van der Waals surface area contributed by atoms with Gasteiger partial charge in [-0.3, -0.25) is 4.79 Å². The topological polar surface area (TPSA) is 60.4 Å². The minimum atomic E-state index is -2.95. The normalized spacial score (nSPS) is 20.5. The quantitative estimate of drug-likeness (QED) is 0.646. The van der Waals surface area contributed by atoms with Gasteiger partial charge in [-0.15, -0.1) is 0 Å². The predicted octanol–water partition coefficient (Wildman–Crippen LogP) is 2.57. The van der Waals surface area contributed by atoms with Crippen molar-refractivity contribution in [1.29, 1.82) is 0 Å². The van der Waals surface area contributed by atoms with E-state index in [1.807, 2.05) is 36.4 Å². The molecule has 1 aliphatic rings. The Labute approximate surface area is 123 Å². The minimum Gasteiger partial charge on any atom is -0.426 e. The second-order valence-corrected chi connectivity index (χ2v) is 7.68. The van der Waals surface area contributed by atoms with Crippen LogP contribution in [0.5, 0.6) is 5.75 Å². The van der Waals surface area contributed by atoms with Crippen LogP contribution in [0, 0.1) is 5.92 Å². The van der Waals surface area contributed by atoms with Gasteiger partial charge in [0.1, 0.15) is 5.75 Å². The highest BCUT2D eigenvalue weighted by Gasteiger charge is 2.29. The molecule has 2 aromatic rings. The largest absolute Gasteiger partial charge is 0.426 e. The summed E-state index contributed by atoms with van der Waals surface area (Å²) < 4.78 is 28.1. The summed E-state index contributed by atoms with van der Waals surface area (Å²) in [6.07, 6.45) is 0.710. The Bertz CT molecular complexity index is 780. The highest BCUT2D eigenvalue weighted by atomic mass is 32.2. The highest BCUT2D eigenvalue weighted by molar-refractivity contribution is 7.91. The van der Waals surface area contributed by atoms with Crippen LogP contribution in [-0.2, 0) is 14.6 Å². The molecule has 1 heterocycles. The summed E-state index contributed by atoms with van der Waals surface area (Å²) in [5.41, 5.74) is 0. The van der Waals surface area contributed by atoms with E-state index < -0.39 is 9.84 Å². The molecular formula is C16H16O4S. The van der Waals surface area contributed by atoms with Crippen LogP contribution in [0.3, 0.4) is 0 Å². The SMILES string of the molecule is O=C(C[C@H]1CCS(=O)(=O)C1)Oc1ccc2ccccc2c1. The lowest BCUT2D eigenvalue weighted by molar-refractivity contribution is -0.135. The molecule has 0 bridgehead atoms. The molecule has 0 radical (unpaired) electrons. The molecule has 0 aliphatic carbocycles. The molecule has 21 heavy (non-hydrogen) atoms. The minimum absolute atomic E-state index is 0.0970. The molecule has 4 nitrogen and oxygen atoms in total. The van der Waals surface area contributed by atoms with Gasteiger partial charge in [0.2, 0.25) is 0 Å². The first-order chi connectivity index (χ1) is 10.0. The van der Waals surface area contributed by atoms with Gasteiger partial charge >= 0.3 is 5.97 Å². The molecule has 1 saturated heterocycles. The van der Waals surface area contributed by atoms with E-state index in [1.54, 1.807) is 6.07 Å². The first-order valence-electron chi connectivity index (χ1n) is 6.92. The summed E-state index contributed by atoms with van der Waals surface area (Å²) in [5, 5.41) is 2.09. The number of sulfone groups is 1. The van der Waals surface area contributed by atoms with Crippen LogP contribution < -0.4 is 4.74 Å². The van der Waals surface area contributed by atoms with Gasteiger partial charge in [-0.2, -0.15) is 0 Å². The number of esters is 1. The predicted molar refractivity (Wildman–Crippen MR) is 81.0 cm³/mol. The van der Waals surface area contributed by atoms with E-state index in [0.717, 1.165) is 10.8 Å². The molecule has 0 unspecified atom stereocenters. The third-order valence-electron chi connectivity index (χ3n) is 3.73. The van der Waals surface area contributed by atoms with E-state index >= 15 is 0 Å². The standard InChI is InChI=1S/C16H16O4S/c17-16(9-12-7-8-21(18,19)11-12)20-15-6-5-13-3-1-2-4-14(13)10-15/h1-6,10,12H,7-9,11H2/t12-/m1/s1. The van der Waals surface area contributed by atoms with Gasteiger partial charge in [-0.1, -0.05) is 30.3 Å². The van der Waals surface area contributed by atoms with Crippen LogP contribution in [0.25, 0.3) is 10.8 Å². The monoisotopic (exact) mass is 304 g/mol. The van der Waals surface area contributed by atoms with Crippen molar-refractivity contribution < 1.29 is 17.9 Å². The maximum atomic E-state index is 11.9. The van der Waals surface area contributed by atoms with Crippen molar-refractivity contribution in [3.8, 4) is 5.75 Å². The van der Waals surface area contributed by atoms with Crippen LogP contribution in [0.1, 0.15) is 12.8 Å². The summed E-state index contributed by atoms with van der Waals surface area (Å²) in [6, 6.07) is 13.3. The number of fused-ring (bicyclic) bond motifs is 1.